The molecule has 4 heteroatoms. The molecule has 1 atom stereocenters. The van der Waals surface area contributed by atoms with Gasteiger partial charge in [0.15, 0.2) is 0 Å². The standard InChI is InChI=1S/C12H24N4/c1-10(2)6-13-8-12(15(3)4)11-7-14-16(5)9-11/h7,9-10,12-13H,6,8H2,1-5H3. The van der Waals surface area contributed by atoms with Gasteiger partial charge in [0.25, 0.3) is 0 Å². The molecule has 1 rings (SSSR count). The van der Waals surface area contributed by atoms with Crippen molar-refractivity contribution in [3.05, 3.63) is 18.0 Å². The van der Waals surface area contributed by atoms with Crippen LogP contribution in [0.4, 0.5) is 0 Å². The maximum Gasteiger partial charge on any atom is 0.0538 e. The van der Waals surface area contributed by atoms with Crippen LogP contribution in [0.5, 0.6) is 0 Å². The highest BCUT2D eigenvalue weighted by molar-refractivity contribution is 5.10. The van der Waals surface area contributed by atoms with Gasteiger partial charge < -0.3 is 10.2 Å². The van der Waals surface area contributed by atoms with Gasteiger partial charge in [-0.15, -0.1) is 0 Å². The molecule has 4 nitrogen and oxygen atoms in total. The highest BCUT2D eigenvalue weighted by atomic mass is 15.2. The Morgan fingerprint density at radius 1 is 1.38 bits per heavy atom. The summed E-state index contributed by atoms with van der Waals surface area (Å²) in [5.41, 5.74) is 1.27. The number of likely N-dealkylation sites (N-methyl/N-ethyl adjacent to an activating group) is 1. The zero-order chi connectivity index (χ0) is 12.1. The van der Waals surface area contributed by atoms with Crippen LogP contribution in [0, 0.1) is 5.92 Å². The lowest BCUT2D eigenvalue weighted by Crippen LogP contribution is -2.32. The fraction of sp³-hybridized carbons (Fsp3) is 0.750. The van der Waals surface area contributed by atoms with Gasteiger partial charge in [-0.2, -0.15) is 5.10 Å². The summed E-state index contributed by atoms with van der Waals surface area (Å²) in [6.07, 6.45) is 4.03. The van der Waals surface area contributed by atoms with Crippen LogP contribution in [-0.2, 0) is 7.05 Å². The first kappa shape index (κ1) is 13.2. The van der Waals surface area contributed by atoms with Crippen molar-refractivity contribution in [3.63, 3.8) is 0 Å². The van der Waals surface area contributed by atoms with E-state index < -0.39 is 0 Å². The molecule has 0 bridgehead atoms. The van der Waals surface area contributed by atoms with Crippen molar-refractivity contribution in [3.8, 4) is 0 Å². The summed E-state index contributed by atoms with van der Waals surface area (Å²) in [6.45, 7) is 6.48. The van der Waals surface area contributed by atoms with Crippen LogP contribution < -0.4 is 5.32 Å². The molecule has 0 aliphatic rings. The van der Waals surface area contributed by atoms with E-state index in [0.717, 1.165) is 13.1 Å². The van der Waals surface area contributed by atoms with E-state index in [0.29, 0.717) is 12.0 Å². The maximum atomic E-state index is 4.23. The lowest BCUT2D eigenvalue weighted by molar-refractivity contribution is 0.285. The number of nitrogens with one attached hydrogen (secondary N) is 1. The Kier molecular flexibility index (Phi) is 4.96. The van der Waals surface area contributed by atoms with Gasteiger partial charge in [-0.1, -0.05) is 13.8 Å². The van der Waals surface area contributed by atoms with Crippen LogP contribution in [0.25, 0.3) is 0 Å². The minimum atomic E-state index is 0.396. The molecule has 1 N–H and O–H groups in total. The molecule has 16 heavy (non-hydrogen) atoms. The van der Waals surface area contributed by atoms with Gasteiger partial charge in [0.1, 0.15) is 0 Å². The summed E-state index contributed by atoms with van der Waals surface area (Å²) >= 11 is 0. The van der Waals surface area contributed by atoms with Gasteiger partial charge in [0.2, 0.25) is 0 Å². The van der Waals surface area contributed by atoms with Gasteiger partial charge >= 0.3 is 0 Å². The van der Waals surface area contributed by atoms with E-state index in [-0.39, 0.29) is 0 Å². The van der Waals surface area contributed by atoms with Gasteiger partial charge in [0, 0.05) is 31.4 Å². The normalized spacial score (nSPS) is 13.7. The number of rotatable bonds is 6. The minimum absolute atomic E-state index is 0.396. The molecule has 0 amide bonds. The van der Waals surface area contributed by atoms with Crippen LogP contribution >= 0.6 is 0 Å². The van der Waals surface area contributed by atoms with Gasteiger partial charge in [-0.25, -0.2) is 0 Å². The Balaban J connectivity index is 2.55. The first-order chi connectivity index (χ1) is 7.50. The number of aromatic nitrogens is 2. The third-order valence-electron chi connectivity index (χ3n) is 2.62. The van der Waals surface area contributed by atoms with E-state index in [9.17, 15) is 0 Å². The van der Waals surface area contributed by atoms with Gasteiger partial charge in [0.05, 0.1) is 6.20 Å². The number of nitrogens with zero attached hydrogens (tertiary/aromatic N) is 3. The molecule has 0 saturated carbocycles. The Hall–Kier alpha value is -0.870. The van der Waals surface area contributed by atoms with Crippen LogP contribution in [0.15, 0.2) is 12.4 Å². The van der Waals surface area contributed by atoms with Crippen molar-refractivity contribution in [1.82, 2.24) is 20.0 Å². The fourth-order valence-electron chi connectivity index (χ4n) is 1.72. The molecule has 0 saturated heterocycles. The molecule has 0 aliphatic carbocycles. The highest BCUT2D eigenvalue weighted by Crippen LogP contribution is 2.15. The van der Waals surface area contributed by atoms with Crippen molar-refractivity contribution >= 4 is 0 Å². The van der Waals surface area contributed by atoms with Crippen LogP contribution in [0.1, 0.15) is 25.5 Å². The maximum absolute atomic E-state index is 4.23. The van der Waals surface area contributed by atoms with Gasteiger partial charge in [-0.05, 0) is 26.6 Å². The fourth-order valence-corrected chi connectivity index (χ4v) is 1.72. The summed E-state index contributed by atoms with van der Waals surface area (Å²) < 4.78 is 1.86. The molecule has 0 spiro atoms. The van der Waals surface area contributed by atoms with E-state index in [1.807, 2.05) is 17.9 Å². The number of hydrogen-bond acceptors (Lipinski definition) is 3. The summed E-state index contributed by atoms with van der Waals surface area (Å²) in [5.74, 6) is 0.691. The predicted molar refractivity (Wildman–Crippen MR) is 67.3 cm³/mol. The van der Waals surface area contributed by atoms with Crippen molar-refractivity contribution in [2.75, 3.05) is 27.2 Å². The summed E-state index contributed by atoms with van der Waals surface area (Å²) in [7, 11) is 6.17. The molecule has 1 unspecified atom stereocenters. The monoisotopic (exact) mass is 224 g/mol. The van der Waals surface area contributed by atoms with Crippen molar-refractivity contribution < 1.29 is 0 Å². The zero-order valence-corrected chi connectivity index (χ0v) is 11.1. The average Bonchev–Trinajstić information content (AvgIpc) is 2.58. The molecule has 0 aromatic carbocycles. The Morgan fingerprint density at radius 3 is 2.50 bits per heavy atom. The molecule has 1 heterocycles. The first-order valence-corrected chi connectivity index (χ1v) is 5.86. The zero-order valence-electron chi connectivity index (χ0n) is 11.1. The van der Waals surface area contributed by atoms with E-state index >= 15 is 0 Å². The van der Waals surface area contributed by atoms with E-state index in [4.69, 9.17) is 0 Å². The quantitative estimate of drug-likeness (QED) is 0.790. The smallest absolute Gasteiger partial charge is 0.0538 e. The van der Waals surface area contributed by atoms with E-state index in [2.05, 4.69) is 49.5 Å². The molecule has 1 aromatic heterocycles. The highest BCUT2D eigenvalue weighted by Gasteiger charge is 2.15. The van der Waals surface area contributed by atoms with E-state index in [1.54, 1.807) is 0 Å². The Morgan fingerprint density at radius 2 is 2.06 bits per heavy atom. The average molecular weight is 224 g/mol. The van der Waals surface area contributed by atoms with Crippen molar-refractivity contribution in [1.29, 1.82) is 0 Å². The third kappa shape index (κ3) is 3.94. The summed E-state index contributed by atoms with van der Waals surface area (Å²) in [6, 6.07) is 0.396. The van der Waals surface area contributed by atoms with Crippen LogP contribution in [0.3, 0.4) is 0 Å². The molecule has 92 valence electrons. The third-order valence-corrected chi connectivity index (χ3v) is 2.62. The second-order valence-corrected chi connectivity index (χ2v) is 4.98. The van der Waals surface area contributed by atoms with Crippen LogP contribution in [0.2, 0.25) is 0 Å². The van der Waals surface area contributed by atoms with Crippen molar-refractivity contribution in [2.45, 2.75) is 19.9 Å². The number of aryl methyl sites for hydroxylation is 1. The van der Waals surface area contributed by atoms with Crippen molar-refractivity contribution in [2.24, 2.45) is 13.0 Å². The largest absolute Gasteiger partial charge is 0.315 e. The minimum Gasteiger partial charge on any atom is -0.315 e. The summed E-state index contributed by atoms with van der Waals surface area (Å²) in [4.78, 5) is 2.23. The molecular weight excluding hydrogens is 200 g/mol. The Labute approximate surface area is 98.6 Å². The lowest BCUT2D eigenvalue weighted by atomic mass is 10.1. The Bertz CT molecular complexity index is 304. The van der Waals surface area contributed by atoms with Gasteiger partial charge in [-0.3, -0.25) is 4.68 Å². The number of hydrogen-bond donors (Lipinski definition) is 1. The molecule has 0 aliphatic heterocycles. The predicted octanol–water partition coefficient (Wildman–Crippen LogP) is 1.27. The first-order valence-electron chi connectivity index (χ1n) is 5.86. The lowest BCUT2D eigenvalue weighted by Gasteiger charge is -2.24. The molecule has 1 aromatic rings. The van der Waals surface area contributed by atoms with Crippen LogP contribution in [-0.4, -0.2) is 41.9 Å². The second kappa shape index (κ2) is 6.01. The molecule has 0 fully saturated rings. The van der Waals surface area contributed by atoms with E-state index in [1.165, 1.54) is 5.56 Å². The second-order valence-electron chi connectivity index (χ2n) is 4.98. The summed E-state index contributed by atoms with van der Waals surface area (Å²) in [5, 5.41) is 7.72. The molecular formula is C12H24N4. The topological polar surface area (TPSA) is 33.1 Å². The molecule has 0 radical (unpaired) electrons. The SMILES string of the molecule is CC(C)CNCC(c1cnn(C)c1)N(C)C.